The van der Waals surface area contributed by atoms with Crippen molar-refractivity contribution in [2.75, 3.05) is 7.11 Å². The number of ether oxygens (including phenoxy) is 1. The molecule has 0 fully saturated rings. The molecule has 0 aromatic heterocycles. The summed E-state index contributed by atoms with van der Waals surface area (Å²) in [7, 11) is 1.63. The van der Waals surface area contributed by atoms with Crippen LogP contribution in [0.4, 0.5) is 4.39 Å². The summed E-state index contributed by atoms with van der Waals surface area (Å²) >= 11 is 0. The lowest BCUT2D eigenvalue weighted by atomic mass is 9.95. The number of rotatable bonds is 3. The van der Waals surface area contributed by atoms with Gasteiger partial charge in [-0.3, -0.25) is 0 Å². The number of terminal acetylenes is 1. The molecular weight excluding hydrogens is 431 g/mol. The number of allylic oxidation sites excluding steroid dienone is 6. The van der Waals surface area contributed by atoms with Gasteiger partial charge >= 0.3 is 0 Å². The maximum absolute atomic E-state index is 15.5. The van der Waals surface area contributed by atoms with Crippen molar-refractivity contribution in [3.8, 4) is 36.5 Å². The third kappa shape index (κ3) is 9.08. The van der Waals surface area contributed by atoms with Crippen molar-refractivity contribution in [3.05, 3.63) is 99.6 Å². The number of hydrogen-bond donors (Lipinski definition) is 0. The predicted molar refractivity (Wildman–Crippen MR) is 148 cm³/mol. The van der Waals surface area contributed by atoms with Crippen LogP contribution in [0.2, 0.25) is 0 Å². The van der Waals surface area contributed by atoms with Gasteiger partial charge in [0.1, 0.15) is 5.82 Å². The second-order valence-corrected chi connectivity index (χ2v) is 7.67. The molecule has 1 aliphatic rings. The van der Waals surface area contributed by atoms with E-state index in [0.717, 1.165) is 41.7 Å². The van der Waals surface area contributed by atoms with Crippen molar-refractivity contribution in [1.82, 2.24) is 0 Å². The zero-order valence-corrected chi connectivity index (χ0v) is 21.8. The first-order valence-electron chi connectivity index (χ1n) is 11.8. The molecule has 0 saturated carbocycles. The minimum absolute atomic E-state index is 0.281. The Morgan fingerprint density at radius 2 is 1.60 bits per heavy atom. The summed E-state index contributed by atoms with van der Waals surface area (Å²) in [5.74, 6) is 12.9. The SMILES string of the molecule is C#C.CC.CO/C(C)=C/C=C(\C)C#Cc1ccc(C#Cc2ccc(C)cc2)c(F)c1C1=CCCC1. The Morgan fingerprint density at radius 1 is 0.943 bits per heavy atom. The van der Waals surface area contributed by atoms with Crippen LogP contribution in [0.25, 0.3) is 5.57 Å². The first-order valence-corrected chi connectivity index (χ1v) is 11.8. The molecule has 0 aliphatic heterocycles. The summed E-state index contributed by atoms with van der Waals surface area (Å²) in [6, 6.07) is 11.5. The van der Waals surface area contributed by atoms with Gasteiger partial charge in [0.15, 0.2) is 0 Å². The van der Waals surface area contributed by atoms with Gasteiger partial charge in [-0.25, -0.2) is 4.39 Å². The fraction of sp³-hybridized carbons (Fsp3) is 0.273. The first kappa shape index (κ1) is 29.1. The predicted octanol–water partition coefficient (Wildman–Crippen LogP) is 8.22. The molecule has 1 aliphatic carbocycles. The zero-order valence-electron chi connectivity index (χ0n) is 21.8. The van der Waals surface area contributed by atoms with E-state index >= 15 is 4.39 Å². The molecule has 0 amide bonds. The highest BCUT2D eigenvalue weighted by Gasteiger charge is 2.18. The molecule has 0 spiro atoms. The fourth-order valence-corrected chi connectivity index (χ4v) is 3.28. The summed E-state index contributed by atoms with van der Waals surface area (Å²) in [4.78, 5) is 0. The van der Waals surface area contributed by atoms with Gasteiger partial charge in [-0.15, -0.1) is 12.8 Å². The summed E-state index contributed by atoms with van der Waals surface area (Å²) in [5, 5.41) is 0. The Kier molecular flexibility index (Phi) is 13.2. The van der Waals surface area contributed by atoms with Crippen molar-refractivity contribution in [1.29, 1.82) is 0 Å². The first-order chi connectivity index (χ1) is 17.0. The van der Waals surface area contributed by atoms with E-state index in [1.54, 1.807) is 13.2 Å². The molecule has 0 unspecified atom stereocenters. The second-order valence-electron chi connectivity index (χ2n) is 7.67. The molecular formula is C33H35FO. The van der Waals surface area contributed by atoms with E-state index in [1.165, 1.54) is 5.56 Å². The molecule has 2 aromatic rings. The van der Waals surface area contributed by atoms with Gasteiger partial charge in [-0.2, -0.15) is 0 Å². The lowest BCUT2D eigenvalue weighted by Crippen LogP contribution is -1.97. The number of halogens is 1. The molecule has 0 bridgehead atoms. The van der Waals surface area contributed by atoms with Crippen LogP contribution in [0.1, 0.15) is 74.8 Å². The van der Waals surface area contributed by atoms with E-state index < -0.39 is 0 Å². The van der Waals surface area contributed by atoms with E-state index in [1.807, 2.05) is 77.1 Å². The molecule has 0 N–H and O–H groups in total. The van der Waals surface area contributed by atoms with Crippen LogP contribution in [0, 0.1) is 49.3 Å². The smallest absolute Gasteiger partial charge is 0.147 e. The van der Waals surface area contributed by atoms with Crippen LogP contribution >= 0.6 is 0 Å². The van der Waals surface area contributed by atoms with Crippen molar-refractivity contribution in [2.24, 2.45) is 0 Å². The summed E-state index contributed by atoms with van der Waals surface area (Å²) in [6.07, 6.45) is 16.8. The molecule has 2 aromatic carbocycles. The van der Waals surface area contributed by atoms with E-state index in [-0.39, 0.29) is 5.82 Å². The molecule has 0 radical (unpaired) electrons. The van der Waals surface area contributed by atoms with Crippen molar-refractivity contribution >= 4 is 5.57 Å². The van der Waals surface area contributed by atoms with Gasteiger partial charge in [-0.05, 0) is 87.6 Å². The summed E-state index contributed by atoms with van der Waals surface area (Å²) < 4.78 is 20.7. The van der Waals surface area contributed by atoms with E-state index in [4.69, 9.17) is 4.74 Å². The Morgan fingerprint density at radius 3 is 2.20 bits per heavy atom. The second kappa shape index (κ2) is 15.8. The largest absolute Gasteiger partial charge is 0.501 e. The lowest BCUT2D eigenvalue weighted by Gasteiger charge is -2.09. The Balaban J connectivity index is 0.00000145. The van der Waals surface area contributed by atoms with Crippen molar-refractivity contribution in [3.63, 3.8) is 0 Å². The Hall–Kier alpha value is -3.93. The summed E-state index contributed by atoms with van der Waals surface area (Å²) in [6.45, 7) is 9.84. The van der Waals surface area contributed by atoms with E-state index in [9.17, 15) is 0 Å². The number of methoxy groups -OCH3 is 1. The van der Waals surface area contributed by atoms with Crippen molar-refractivity contribution < 1.29 is 9.13 Å². The Labute approximate surface area is 211 Å². The average molecular weight is 467 g/mol. The van der Waals surface area contributed by atoms with Crippen LogP contribution in [0.3, 0.4) is 0 Å². The van der Waals surface area contributed by atoms with Gasteiger partial charge in [0.2, 0.25) is 0 Å². The van der Waals surface area contributed by atoms with Gasteiger partial charge in [0.05, 0.1) is 18.4 Å². The minimum atomic E-state index is -0.281. The topological polar surface area (TPSA) is 9.23 Å². The van der Waals surface area contributed by atoms with Crippen LogP contribution in [0.5, 0.6) is 0 Å². The van der Waals surface area contributed by atoms with Gasteiger partial charge in [0, 0.05) is 16.7 Å². The minimum Gasteiger partial charge on any atom is -0.501 e. The fourth-order valence-electron chi connectivity index (χ4n) is 3.28. The molecule has 35 heavy (non-hydrogen) atoms. The van der Waals surface area contributed by atoms with Crippen LogP contribution in [-0.4, -0.2) is 7.11 Å². The third-order valence-electron chi connectivity index (χ3n) is 5.18. The number of aryl methyl sites for hydroxylation is 1. The normalized spacial score (nSPS) is 12.3. The Bertz CT molecular complexity index is 1210. The summed E-state index contributed by atoms with van der Waals surface area (Å²) in [5.41, 5.74) is 5.65. The molecule has 180 valence electrons. The monoisotopic (exact) mass is 466 g/mol. The maximum atomic E-state index is 15.5. The van der Waals surface area contributed by atoms with Crippen LogP contribution < -0.4 is 0 Å². The molecule has 0 saturated heterocycles. The van der Waals surface area contributed by atoms with Crippen LogP contribution in [-0.2, 0) is 4.74 Å². The number of hydrogen-bond acceptors (Lipinski definition) is 1. The van der Waals surface area contributed by atoms with Gasteiger partial charge in [0.25, 0.3) is 0 Å². The van der Waals surface area contributed by atoms with E-state index in [0.29, 0.717) is 16.7 Å². The number of benzene rings is 2. The zero-order chi connectivity index (χ0) is 26.2. The highest BCUT2D eigenvalue weighted by Crippen LogP contribution is 2.33. The molecule has 2 heteroatoms. The quantitative estimate of drug-likeness (QED) is 0.251. The maximum Gasteiger partial charge on any atom is 0.147 e. The van der Waals surface area contributed by atoms with Gasteiger partial charge in [-0.1, -0.05) is 61.3 Å². The van der Waals surface area contributed by atoms with E-state index in [2.05, 4.69) is 42.6 Å². The lowest BCUT2D eigenvalue weighted by molar-refractivity contribution is 0.294. The molecule has 0 atom stereocenters. The average Bonchev–Trinajstić information content (AvgIpc) is 3.43. The molecule has 0 heterocycles. The highest BCUT2D eigenvalue weighted by molar-refractivity contribution is 5.74. The molecule has 3 rings (SSSR count). The molecule has 1 nitrogen and oxygen atoms in total. The standard InChI is InChI=1S/C29H27FO.C2H6.C2H2/c1-21(9-13-23(3)31-4)12-17-26-19-20-27(18-16-24-14-10-22(2)11-15-24)29(30)28(26)25-7-5-6-8-25;2*1-2/h7,9-11,13-15,19-20H,5-6,8H2,1-4H3;1-2H3;1-2H/b21-9+,23-13+;;. The van der Waals surface area contributed by atoms with Gasteiger partial charge < -0.3 is 4.74 Å². The third-order valence-corrected chi connectivity index (χ3v) is 5.18. The highest BCUT2D eigenvalue weighted by atomic mass is 19.1. The van der Waals surface area contributed by atoms with Crippen molar-refractivity contribution in [2.45, 2.75) is 53.9 Å². The van der Waals surface area contributed by atoms with Crippen LogP contribution in [0.15, 0.2) is 66.0 Å².